The number of benzene rings is 2. The van der Waals surface area contributed by atoms with E-state index in [1.54, 1.807) is 0 Å². The summed E-state index contributed by atoms with van der Waals surface area (Å²) in [6, 6.07) is 9.56. The average Bonchev–Trinajstić information content (AvgIpc) is 2.63. The molecule has 0 bridgehead atoms. The van der Waals surface area contributed by atoms with Crippen LogP contribution in [0.15, 0.2) is 42.6 Å². The molecular formula is C17H14F3N5. The summed E-state index contributed by atoms with van der Waals surface area (Å²) in [6.45, 7) is 2.03. The molecule has 2 N–H and O–H groups in total. The van der Waals surface area contributed by atoms with Crippen molar-refractivity contribution in [3.05, 3.63) is 65.6 Å². The summed E-state index contributed by atoms with van der Waals surface area (Å²) in [4.78, 5) is 4.15. The summed E-state index contributed by atoms with van der Waals surface area (Å²) in [6.07, 6.45) is 2.23. The predicted octanol–water partition coefficient (Wildman–Crippen LogP) is 4.34. The van der Waals surface area contributed by atoms with Crippen LogP contribution in [0.2, 0.25) is 0 Å². The highest BCUT2D eigenvalue weighted by Gasteiger charge is 2.14. The minimum absolute atomic E-state index is 0.0520. The highest BCUT2D eigenvalue weighted by Crippen LogP contribution is 2.23. The fourth-order valence-corrected chi connectivity index (χ4v) is 2.25. The van der Waals surface area contributed by atoms with Crippen LogP contribution in [0.4, 0.5) is 36.3 Å². The second-order valence-electron chi connectivity index (χ2n) is 5.15. The molecule has 0 aliphatic heterocycles. The van der Waals surface area contributed by atoms with Crippen LogP contribution in [-0.4, -0.2) is 15.2 Å². The second kappa shape index (κ2) is 7.16. The summed E-state index contributed by atoms with van der Waals surface area (Å²) < 4.78 is 40.0. The fraction of sp³-hybridized carbons (Fsp3) is 0.118. The lowest BCUT2D eigenvalue weighted by molar-refractivity contribution is 0.449. The van der Waals surface area contributed by atoms with Crippen molar-refractivity contribution in [3.63, 3.8) is 0 Å². The Morgan fingerprint density at radius 2 is 1.72 bits per heavy atom. The third-order valence-corrected chi connectivity index (χ3v) is 3.50. The lowest BCUT2D eigenvalue weighted by Gasteiger charge is -2.11. The molecule has 0 aliphatic rings. The maximum Gasteiger partial charge on any atom is 0.249 e. The Morgan fingerprint density at radius 3 is 2.52 bits per heavy atom. The first-order valence-electron chi connectivity index (χ1n) is 7.53. The Labute approximate surface area is 141 Å². The van der Waals surface area contributed by atoms with E-state index in [2.05, 4.69) is 25.8 Å². The molecule has 0 saturated heterocycles. The van der Waals surface area contributed by atoms with E-state index in [1.807, 2.05) is 31.2 Å². The molecule has 0 amide bonds. The van der Waals surface area contributed by atoms with E-state index in [9.17, 15) is 13.2 Å². The second-order valence-corrected chi connectivity index (χ2v) is 5.15. The Kier molecular flexibility index (Phi) is 4.78. The monoisotopic (exact) mass is 345 g/mol. The molecule has 25 heavy (non-hydrogen) atoms. The normalized spacial score (nSPS) is 10.6. The summed E-state index contributed by atoms with van der Waals surface area (Å²) in [5, 5.41) is 13.1. The number of hydrogen-bond acceptors (Lipinski definition) is 5. The number of nitrogens with one attached hydrogen (secondary N) is 2. The SMILES string of the molecule is CCc1ccccc1Nc1cnnc(Nc2ccc(F)c(F)c2F)n1. The van der Waals surface area contributed by atoms with Crippen molar-refractivity contribution in [2.24, 2.45) is 0 Å². The predicted molar refractivity (Wildman–Crippen MR) is 88.5 cm³/mol. The molecule has 0 unspecified atom stereocenters. The maximum atomic E-state index is 13.7. The van der Waals surface area contributed by atoms with Gasteiger partial charge in [0.05, 0.1) is 11.9 Å². The molecule has 0 radical (unpaired) electrons. The first kappa shape index (κ1) is 16.7. The van der Waals surface area contributed by atoms with Crippen LogP contribution in [0.5, 0.6) is 0 Å². The van der Waals surface area contributed by atoms with E-state index in [0.29, 0.717) is 5.82 Å². The van der Waals surface area contributed by atoms with Gasteiger partial charge in [-0.15, -0.1) is 5.10 Å². The van der Waals surface area contributed by atoms with Crippen LogP contribution in [0.1, 0.15) is 12.5 Å². The van der Waals surface area contributed by atoms with Gasteiger partial charge in [0.1, 0.15) is 0 Å². The summed E-state index contributed by atoms with van der Waals surface area (Å²) >= 11 is 0. The molecular weight excluding hydrogens is 331 g/mol. The molecule has 0 spiro atoms. The topological polar surface area (TPSA) is 62.7 Å². The molecule has 8 heteroatoms. The third-order valence-electron chi connectivity index (χ3n) is 3.50. The maximum absolute atomic E-state index is 13.7. The first-order valence-corrected chi connectivity index (χ1v) is 7.53. The molecule has 0 aliphatic carbocycles. The Balaban J connectivity index is 1.84. The van der Waals surface area contributed by atoms with E-state index >= 15 is 0 Å². The molecule has 3 aromatic rings. The fourth-order valence-electron chi connectivity index (χ4n) is 2.25. The number of rotatable bonds is 5. The van der Waals surface area contributed by atoms with Crippen molar-refractivity contribution in [1.29, 1.82) is 0 Å². The number of anilines is 4. The van der Waals surface area contributed by atoms with Gasteiger partial charge in [-0.05, 0) is 30.2 Å². The molecule has 0 saturated carbocycles. The van der Waals surface area contributed by atoms with Crippen LogP contribution in [-0.2, 0) is 6.42 Å². The molecule has 0 atom stereocenters. The number of aromatic nitrogens is 3. The van der Waals surface area contributed by atoms with E-state index in [1.165, 1.54) is 6.20 Å². The Morgan fingerprint density at radius 1 is 0.920 bits per heavy atom. The van der Waals surface area contributed by atoms with Gasteiger partial charge < -0.3 is 10.6 Å². The van der Waals surface area contributed by atoms with Gasteiger partial charge in [0.25, 0.3) is 0 Å². The Hall–Kier alpha value is -3.16. The van der Waals surface area contributed by atoms with Crippen LogP contribution in [0.3, 0.4) is 0 Å². The number of para-hydroxylation sites is 1. The van der Waals surface area contributed by atoms with Crippen molar-refractivity contribution in [2.75, 3.05) is 10.6 Å². The summed E-state index contributed by atoms with van der Waals surface area (Å²) in [5.41, 5.74) is 1.66. The molecule has 128 valence electrons. The molecule has 5 nitrogen and oxygen atoms in total. The van der Waals surface area contributed by atoms with Gasteiger partial charge in [0.15, 0.2) is 23.3 Å². The van der Waals surface area contributed by atoms with Crippen molar-refractivity contribution < 1.29 is 13.2 Å². The minimum atomic E-state index is -1.57. The Bertz CT molecular complexity index is 901. The highest BCUT2D eigenvalue weighted by atomic mass is 19.2. The van der Waals surface area contributed by atoms with E-state index in [4.69, 9.17) is 0 Å². The molecule has 1 heterocycles. The van der Waals surface area contributed by atoms with Crippen LogP contribution >= 0.6 is 0 Å². The zero-order valence-corrected chi connectivity index (χ0v) is 13.2. The number of aryl methyl sites for hydroxylation is 1. The van der Waals surface area contributed by atoms with Crippen LogP contribution < -0.4 is 10.6 Å². The van der Waals surface area contributed by atoms with Gasteiger partial charge in [-0.1, -0.05) is 25.1 Å². The smallest absolute Gasteiger partial charge is 0.249 e. The van der Waals surface area contributed by atoms with Gasteiger partial charge in [-0.3, -0.25) is 0 Å². The number of hydrogen-bond donors (Lipinski definition) is 2. The standard InChI is InChI=1S/C17H14F3N5/c1-2-10-5-3-4-6-12(10)22-14-9-21-25-17(24-14)23-13-8-7-11(18)15(19)16(13)20/h3-9H,2H2,1H3,(H2,22,23,24,25). The van der Waals surface area contributed by atoms with Crippen molar-refractivity contribution in [3.8, 4) is 0 Å². The van der Waals surface area contributed by atoms with E-state index in [-0.39, 0.29) is 11.6 Å². The van der Waals surface area contributed by atoms with E-state index in [0.717, 1.165) is 29.8 Å². The molecule has 2 aromatic carbocycles. The zero-order valence-electron chi connectivity index (χ0n) is 13.2. The largest absolute Gasteiger partial charge is 0.339 e. The quantitative estimate of drug-likeness (QED) is 0.674. The van der Waals surface area contributed by atoms with Crippen molar-refractivity contribution in [2.45, 2.75) is 13.3 Å². The molecule has 3 rings (SSSR count). The summed E-state index contributed by atoms with van der Waals surface area (Å²) in [5.74, 6) is -3.86. The van der Waals surface area contributed by atoms with Crippen LogP contribution in [0.25, 0.3) is 0 Å². The van der Waals surface area contributed by atoms with Gasteiger partial charge in [-0.2, -0.15) is 10.1 Å². The average molecular weight is 345 g/mol. The first-order chi connectivity index (χ1) is 12.1. The number of halogens is 3. The van der Waals surface area contributed by atoms with Crippen molar-refractivity contribution >= 4 is 23.1 Å². The van der Waals surface area contributed by atoms with Gasteiger partial charge >= 0.3 is 0 Å². The van der Waals surface area contributed by atoms with Gasteiger partial charge in [0, 0.05) is 5.69 Å². The molecule has 0 fully saturated rings. The zero-order chi connectivity index (χ0) is 17.8. The van der Waals surface area contributed by atoms with E-state index < -0.39 is 17.5 Å². The summed E-state index contributed by atoms with van der Waals surface area (Å²) in [7, 11) is 0. The number of nitrogens with zero attached hydrogens (tertiary/aromatic N) is 3. The minimum Gasteiger partial charge on any atom is -0.339 e. The molecule has 1 aromatic heterocycles. The lowest BCUT2D eigenvalue weighted by atomic mass is 10.1. The van der Waals surface area contributed by atoms with Gasteiger partial charge in [0.2, 0.25) is 5.95 Å². The van der Waals surface area contributed by atoms with Crippen molar-refractivity contribution in [1.82, 2.24) is 15.2 Å². The van der Waals surface area contributed by atoms with Gasteiger partial charge in [-0.25, -0.2) is 13.2 Å². The highest BCUT2D eigenvalue weighted by molar-refractivity contribution is 5.61. The third kappa shape index (κ3) is 3.68. The van der Waals surface area contributed by atoms with Crippen LogP contribution in [0, 0.1) is 17.5 Å². The lowest BCUT2D eigenvalue weighted by Crippen LogP contribution is -2.05.